The number of nitrogens with zero attached hydrogens (tertiary/aromatic N) is 5. The SMILES string of the molecule is Cc1noc(CN2CCN(Cc3nc4ccccc4s3)CC2)n1. The van der Waals surface area contributed by atoms with Crippen molar-refractivity contribution in [1.82, 2.24) is 24.9 Å². The Morgan fingerprint density at radius 1 is 1.04 bits per heavy atom. The van der Waals surface area contributed by atoms with Crippen molar-refractivity contribution in [2.75, 3.05) is 26.2 Å². The Labute approximate surface area is 138 Å². The molecule has 0 unspecified atom stereocenters. The van der Waals surface area contributed by atoms with Gasteiger partial charge in [-0.05, 0) is 19.1 Å². The molecule has 1 saturated heterocycles. The summed E-state index contributed by atoms with van der Waals surface area (Å²) in [6.45, 7) is 7.66. The van der Waals surface area contributed by atoms with E-state index in [0.29, 0.717) is 11.7 Å². The molecule has 4 rings (SSSR count). The van der Waals surface area contributed by atoms with Crippen LogP contribution in [0.15, 0.2) is 28.8 Å². The van der Waals surface area contributed by atoms with Crippen molar-refractivity contribution in [3.8, 4) is 0 Å². The monoisotopic (exact) mass is 329 g/mol. The van der Waals surface area contributed by atoms with Gasteiger partial charge in [-0.1, -0.05) is 17.3 Å². The Hall–Kier alpha value is -1.83. The molecule has 3 heterocycles. The fraction of sp³-hybridized carbons (Fsp3) is 0.438. The maximum absolute atomic E-state index is 5.20. The fourth-order valence-electron chi connectivity index (χ4n) is 2.88. The molecule has 0 bridgehead atoms. The standard InChI is InChI=1S/C16H19N5OS/c1-12-17-15(22-19-12)10-20-6-8-21(9-7-20)11-16-18-13-4-2-3-5-14(13)23-16/h2-5H,6-11H2,1H3. The van der Waals surface area contributed by atoms with Crippen molar-refractivity contribution >= 4 is 21.6 Å². The lowest BCUT2D eigenvalue weighted by molar-refractivity contribution is 0.112. The van der Waals surface area contributed by atoms with Gasteiger partial charge in [-0.2, -0.15) is 4.98 Å². The summed E-state index contributed by atoms with van der Waals surface area (Å²) >= 11 is 1.80. The van der Waals surface area contributed by atoms with Gasteiger partial charge in [0.2, 0.25) is 5.89 Å². The average Bonchev–Trinajstić information content (AvgIpc) is 3.14. The van der Waals surface area contributed by atoms with E-state index in [4.69, 9.17) is 9.51 Å². The van der Waals surface area contributed by atoms with Gasteiger partial charge < -0.3 is 4.52 Å². The lowest BCUT2D eigenvalue weighted by Gasteiger charge is -2.33. The number of aryl methyl sites for hydroxylation is 1. The molecule has 0 spiro atoms. The first-order chi connectivity index (χ1) is 11.3. The minimum Gasteiger partial charge on any atom is -0.338 e. The molecule has 6 nitrogen and oxygen atoms in total. The number of para-hydroxylation sites is 1. The minimum absolute atomic E-state index is 0.703. The summed E-state index contributed by atoms with van der Waals surface area (Å²) in [5, 5.41) is 5.04. The van der Waals surface area contributed by atoms with Gasteiger partial charge in [0.25, 0.3) is 0 Å². The molecular weight excluding hydrogens is 310 g/mol. The predicted octanol–water partition coefficient (Wildman–Crippen LogP) is 2.31. The van der Waals surface area contributed by atoms with Crippen LogP contribution in [0.25, 0.3) is 10.2 Å². The van der Waals surface area contributed by atoms with Crippen molar-refractivity contribution in [1.29, 1.82) is 0 Å². The highest BCUT2D eigenvalue weighted by molar-refractivity contribution is 7.18. The lowest BCUT2D eigenvalue weighted by atomic mass is 10.3. The Morgan fingerprint density at radius 2 is 1.78 bits per heavy atom. The Kier molecular flexibility index (Phi) is 4.07. The third-order valence-electron chi connectivity index (χ3n) is 4.09. The molecule has 0 atom stereocenters. The van der Waals surface area contributed by atoms with Crippen LogP contribution in [-0.2, 0) is 13.1 Å². The number of rotatable bonds is 4. The number of hydrogen-bond acceptors (Lipinski definition) is 7. The van der Waals surface area contributed by atoms with Crippen LogP contribution in [0.4, 0.5) is 0 Å². The first-order valence-electron chi connectivity index (χ1n) is 7.84. The van der Waals surface area contributed by atoms with Crippen molar-refractivity contribution in [2.45, 2.75) is 20.0 Å². The van der Waals surface area contributed by atoms with Crippen molar-refractivity contribution in [2.24, 2.45) is 0 Å². The normalized spacial score (nSPS) is 17.1. The van der Waals surface area contributed by atoms with Gasteiger partial charge in [0.15, 0.2) is 5.82 Å². The second kappa shape index (κ2) is 6.35. The molecule has 0 N–H and O–H groups in total. The molecule has 7 heteroatoms. The van der Waals surface area contributed by atoms with Gasteiger partial charge in [-0.25, -0.2) is 4.98 Å². The molecule has 2 aromatic heterocycles. The zero-order valence-electron chi connectivity index (χ0n) is 13.1. The van der Waals surface area contributed by atoms with E-state index < -0.39 is 0 Å². The summed E-state index contributed by atoms with van der Waals surface area (Å²) in [6.07, 6.45) is 0. The number of thiazole rings is 1. The topological polar surface area (TPSA) is 58.3 Å². The lowest BCUT2D eigenvalue weighted by Crippen LogP contribution is -2.45. The Bertz CT molecular complexity index is 757. The van der Waals surface area contributed by atoms with Gasteiger partial charge in [0.05, 0.1) is 23.3 Å². The van der Waals surface area contributed by atoms with Gasteiger partial charge in [-0.3, -0.25) is 9.80 Å². The maximum Gasteiger partial charge on any atom is 0.240 e. The summed E-state index contributed by atoms with van der Waals surface area (Å²) in [5.41, 5.74) is 1.11. The summed E-state index contributed by atoms with van der Waals surface area (Å²) in [4.78, 5) is 13.8. The van der Waals surface area contributed by atoms with Gasteiger partial charge in [-0.15, -0.1) is 11.3 Å². The molecule has 1 fully saturated rings. The van der Waals surface area contributed by atoms with Gasteiger partial charge >= 0.3 is 0 Å². The molecule has 0 aliphatic carbocycles. The van der Waals surface area contributed by atoms with E-state index in [1.54, 1.807) is 11.3 Å². The van der Waals surface area contributed by atoms with Crippen LogP contribution in [0.5, 0.6) is 0 Å². The third kappa shape index (κ3) is 3.41. The quantitative estimate of drug-likeness (QED) is 0.732. The van der Waals surface area contributed by atoms with E-state index in [1.807, 2.05) is 13.0 Å². The molecule has 0 saturated carbocycles. The van der Waals surface area contributed by atoms with Crippen LogP contribution in [0, 0.1) is 6.92 Å². The number of hydrogen-bond donors (Lipinski definition) is 0. The van der Waals surface area contributed by atoms with E-state index in [0.717, 1.165) is 44.8 Å². The molecule has 23 heavy (non-hydrogen) atoms. The molecule has 120 valence electrons. The van der Waals surface area contributed by atoms with Crippen molar-refractivity contribution < 1.29 is 4.52 Å². The van der Waals surface area contributed by atoms with E-state index >= 15 is 0 Å². The number of benzene rings is 1. The molecule has 3 aromatic rings. The zero-order valence-corrected chi connectivity index (χ0v) is 13.9. The number of aromatic nitrogens is 3. The third-order valence-corrected chi connectivity index (χ3v) is 5.11. The molecule has 1 aliphatic heterocycles. The van der Waals surface area contributed by atoms with Crippen LogP contribution in [0.3, 0.4) is 0 Å². The average molecular weight is 329 g/mol. The number of fused-ring (bicyclic) bond motifs is 1. The van der Waals surface area contributed by atoms with Crippen LogP contribution >= 0.6 is 11.3 Å². The van der Waals surface area contributed by atoms with E-state index in [1.165, 1.54) is 9.71 Å². The molecule has 1 aliphatic rings. The summed E-state index contributed by atoms with van der Waals surface area (Å²) in [6, 6.07) is 8.34. The molecule has 0 radical (unpaired) electrons. The summed E-state index contributed by atoms with van der Waals surface area (Å²) < 4.78 is 6.47. The fourth-order valence-corrected chi connectivity index (χ4v) is 3.89. The largest absolute Gasteiger partial charge is 0.338 e. The molecule has 0 amide bonds. The summed E-state index contributed by atoms with van der Waals surface area (Å²) in [7, 11) is 0. The van der Waals surface area contributed by atoms with E-state index in [2.05, 4.69) is 38.1 Å². The number of piperazine rings is 1. The second-order valence-corrected chi connectivity index (χ2v) is 6.98. The van der Waals surface area contributed by atoms with Crippen LogP contribution in [-0.4, -0.2) is 51.1 Å². The first-order valence-corrected chi connectivity index (χ1v) is 8.66. The predicted molar refractivity (Wildman–Crippen MR) is 89.2 cm³/mol. The highest BCUT2D eigenvalue weighted by Crippen LogP contribution is 2.23. The first kappa shape index (κ1) is 14.7. The van der Waals surface area contributed by atoms with E-state index in [9.17, 15) is 0 Å². The highest BCUT2D eigenvalue weighted by atomic mass is 32.1. The Balaban J connectivity index is 1.32. The second-order valence-electron chi connectivity index (χ2n) is 5.86. The highest BCUT2D eigenvalue weighted by Gasteiger charge is 2.20. The smallest absolute Gasteiger partial charge is 0.240 e. The van der Waals surface area contributed by atoms with Crippen LogP contribution in [0.2, 0.25) is 0 Å². The molecular formula is C16H19N5OS. The molecule has 1 aromatic carbocycles. The van der Waals surface area contributed by atoms with Crippen molar-refractivity contribution in [3.05, 3.63) is 41.0 Å². The summed E-state index contributed by atoms with van der Waals surface area (Å²) in [5.74, 6) is 1.41. The minimum atomic E-state index is 0.703. The zero-order chi connectivity index (χ0) is 15.6. The van der Waals surface area contributed by atoms with Gasteiger partial charge in [0.1, 0.15) is 5.01 Å². The Morgan fingerprint density at radius 3 is 2.48 bits per heavy atom. The van der Waals surface area contributed by atoms with Gasteiger partial charge in [0, 0.05) is 26.2 Å². The maximum atomic E-state index is 5.20. The van der Waals surface area contributed by atoms with E-state index in [-0.39, 0.29) is 0 Å². The van der Waals surface area contributed by atoms with Crippen LogP contribution < -0.4 is 0 Å². The van der Waals surface area contributed by atoms with Crippen molar-refractivity contribution in [3.63, 3.8) is 0 Å². The van der Waals surface area contributed by atoms with Crippen LogP contribution in [0.1, 0.15) is 16.7 Å².